The van der Waals surface area contributed by atoms with E-state index >= 15 is 0 Å². The van der Waals surface area contributed by atoms with Crippen LogP contribution in [0.15, 0.2) is 42.9 Å². The molecule has 0 unspecified atom stereocenters. The van der Waals surface area contributed by atoms with E-state index in [4.69, 9.17) is 11.6 Å². The molecule has 3 rings (SSSR count). The molecule has 9 heteroatoms. The Bertz CT molecular complexity index is 1080. The number of benzene rings is 1. The fourth-order valence-electron chi connectivity index (χ4n) is 2.92. The summed E-state index contributed by atoms with van der Waals surface area (Å²) in [6.07, 6.45) is 4.73. The van der Waals surface area contributed by atoms with Gasteiger partial charge in [-0.05, 0) is 37.2 Å². The van der Waals surface area contributed by atoms with Gasteiger partial charge in [-0.3, -0.25) is 9.78 Å². The monoisotopic (exact) mass is 442 g/mol. The van der Waals surface area contributed by atoms with Crippen LogP contribution in [0.5, 0.6) is 0 Å². The quantitative estimate of drug-likeness (QED) is 0.454. The number of aromatic nitrogens is 3. The summed E-state index contributed by atoms with van der Waals surface area (Å²) in [4.78, 5) is 25.6. The first kappa shape index (κ1) is 22.6. The zero-order valence-electron chi connectivity index (χ0n) is 17.5. The third-order valence-corrected chi connectivity index (χ3v) is 4.82. The van der Waals surface area contributed by atoms with Crippen LogP contribution in [0.4, 0.5) is 15.9 Å². The predicted molar refractivity (Wildman–Crippen MR) is 120 cm³/mol. The number of hydrogen-bond donors (Lipinski definition) is 3. The number of likely N-dealkylation sites (N-methyl/N-ethyl adjacent to an activating group) is 1. The SMILES string of the molecule is CNCCNC(=O)c1cnccc1Nc1nc(-c2cc(Cl)ccc2F)ncc1C(C)C. The van der Waals surface area contributed by atoms with E-state index in [9.17, 15) is 9.18 Å². The summed E-state index contributed by atoms with van der Waals surface area (Å²) in [7, 11) is 1.81. The molecule has 0 saturated carbocycles. The van der Waals surface area contributed by atoms with Gasteiger partial charge in [-0.2, -0.15) is 0 Å². The van der Waals surface area contributed by atoms with Gasteiger partial charge in [0.05, 0.1) is 16.8 Å². The first-order valence-electron chi connectivity index (χ1n) is 9.87. The van der Waals surface area contributed by atoms with Crippen molar-refractivity contribution in [2.75, 3.05) is 25.5 Å². The Hall–Kier alpha value is -3.10. The number of carbonyl (C=O) groups excluding carboxylic acids is 1. The lowest BCUT2D eigenvalue weighted by Gasteiger charge is -2.17. The van der Waals surface area contributed by atoms with Crippen LogP contribution in [0.3, 0.4) is 0 Å². The van der Waals surface area contributed by atoms with Gasteiger partial charge < -0.3 is 16.0 Å². The van der Waals surface area contributed by atoms with Crippen LogP contribution < -0.4 is 16.0 Å². The topological polar surface area (TPSA) is 91.8 Å². The second kappa shape index (κ2) is 10.3. The molecular weight excluding hydrogens is 419 g/mol. The Balaban J connectivity index is 1.99. The predicted octanol–water partition coefficient (Wildman–Crippen LogP) is 4.15. The first-order chi connectivity index (χ1) is 14.9. The fourth-order valence-corrected chi connectivity index (χ4v) is 3.09. The van der Waals surface area contributed by atoms with Crippen molar-refractivity contribution in [3.63, 3.8) is 0 Å². The molecule has 31 heavy (non-hydrogen) atoms. The average molecular weight is 443 g/mol. The largest absolute Gasteiger partial charge is 0.351 e. The zero-order chi connectivity index (χ0) is 22.4. The van der Waals surface area contributed by atoms with Gasteiger partial charge in [-0.1, -0.05) is 25.4 Å². The molecule has 162 valence electrons. The summed E-state index contributed by atoms with van der Waals surface area (Å²) in [5, 5.41) is 9.41. The van der Waals surface area contributed by atoms with Crippen LogP contribution in [0.25, 0.3) is 11.4 Å². The summed E-state index contributed by atoms with van der Waals surface area (Å²) >= 11 is 6.03. The zero-order valence-corrected chi connectivity index (χ0v) is 18.3. The van der Waals surface area contributed by atoms with E-state index in [-0.39, 0.29) is 23.2 Å². The van der Waals surface area contributed by atoms with Gasteiger partial charge in [0.1, 0.15) is 11.6 Å². The number of nitrogens with one attached hydrogen (secondary N) is 3. The molecule has 0 aliphatic heterocycles. The molecule has 2 heterocycles. The van der Waals surface area contributed by atoms with E-state index in [1.54, 1.807) is 18.5 Å². The normalized spacial score (nSPS) is 10.9. The van der Waals surface area contributed by atoms with E-state index in [2.05, 4.69) is 30.9 Å². The lowest BCUT2D eigenvalue weighted by Crippen LogP contribution is -2.30. The second-order valence-electron chi connectivity index (χ2n) is 7.18. The third kappa shape index (κ3) is 5.53. The van der Waals surface area contributed by atoms with Crippen LogP contribution >= 0.6 is 11.6 Å². The van der Waals surface area contributed by atoms with Crippen LogP contribution in [0, 0.1) is 5.82 Å². The number of carbonyl (C=O) groups is 1. The molecule has 0 aliphatic rings. The highest BCUT2D eigenvalue weighted by molar-refractivity contribution is 6.30. The molecule has 1 amide bonds. The van der Waals surface area contributed by atoms with E-state index in [0.29, 0.717) is 35.2 Å². The number of amides is 1. The van der Waals surface area contributed by atoms with Crippen LogP contribution in [0.1, 0.15) is 35.7 Å². The molecule has 3 aromatic rings. The van der Waals surface area contributed by atoms with Gasteiger partial charge in [-0.25, -0.2) is 14.4 Å². The lowest BCUT2D eigenvalue weighted by atomic mass is 10.1. The Morgan fingerprint density at radius 2 is 2.00 bits per heavy atom. The van der Waals surface area contributed by atoms with Crippen molar-refractivity contribution in [1.29, 1.82) is 0 Å². The lowest BCUT2D eigenvalue weighted by molar-refractivity contribution is 0.0954. The number of rotatable bonds is 8. The molecule has 0 aliphatic carbocycles. The third-order valence-electron chi connectivity index (χ3n) is 4.59. The highest BCUT2D eigenvalue weighted by Crippen LogP contribution is 2.30. The van der Waals surface area contributed by atoms with E-state index in [0.717, 1.165) is 5.56 Å². The van der Waals surface area contributed by atoms with Crippen molar-refractivity contribution in [2.45, 2.75) is 19.8 Å². The highest BCUT2D eigenvalue weighted by Gasteiger charge is 2.17. The standard InChI is InChI=1S/C22H24ClFN6O/c1-13(2)16-12-28-20(15-10-14(23)4-5-18(15)24)30-21(16)29-19-6-7-26-11-17(19)22(31)27-9-8-25-3/h4-7,10-13,25H,8-9H2,1-3H3,(H,27,31)(H,26,28,29,30). The Kier molecular flexibility index (Phi) is 7.49. The average Bonchev–Trinajstić information content (AvgIpc) is 2.75. The minimum Gasteiger partial charge on any atom is -0.351 e. The summed E-state index contributed by atoms with van der Waals surface area (Å²) in [6.45, 7) is 5.13. The van der Waals surface area contributed by atoms with E-state index in [1.165, 1.54) is 24.4 Å². The second-order valence-corrected chi connectivity index (χ2v) is 7.62. The summed E-state index contributed by atoms with van der Waals surface area (Å²) < 4.78 is 14.4. The number of halogens is 2. The molecular formula is C22H24ClFN6O. The van der Waals surface area contributed by atoms with Gasteiger partial charge in [-0.15, -0.1) is 0 Å². The molecule has 1 aromatic carbocycles. The van der Waals surface area contributed by atoms with Crippen molar-refractivity contribution in [3.8, 4) is 11.4 Å². The minimum absolute atomic E-state index is 0.0931. The van der Waals surface area contributed by atoms with Crippen LogP contribution in [0.2, 0.25) is 5.02 Å². The van der Waals surface area contributed by atoms with E-state index in [1.807, 2.05) is 20.9 Å². The van der Waals surface area contributed by atoms with Crippen molar-refractivity contribution in [3.05, 3.63) is 64.8 Å². The maximum absolute atomic E-state index is 14.4. The molecule has 3 N–H and O–H groups in total. The van der Waals surface area contributed by atoms with Gasteiger partial charge in [0.25, 0.3) is 5.91 Å². The fraction of sp³-hybridized carbons (Fsp3) is 0.273. The van der Waals surface area contributed by atoms with Gasteiger partial charge in [0, 0.05) is 42.3 Å². The Morgan fingerprint density at radius 1 is 1.19 bits per heavy atom. The van der Waals surface area contributed by atoms with Gasteiger partial charge in [0.2, 0.25) is 0 Å². The maximum atomic E-state index is 14.4. The van der Waals surface area contributed by atoms with Crippen molar-refractivity contribution >= 4 is 29.0 Å². The van der Waals surface area contributed by atoms with Gasteiger partial charge in [0.15, 0.2) is 5.82 Å². The van der Waals surface area contributed by atoms with Crippen molar-refractivity contribution < 1.29 is 9.18 Å². The highest BCUT2D eigenvalue weighted by atomic mass is 35.5. The summed E-state index contributed by atoms with van der Waals surface area (Å²) in [5.74, 6) is 0.0413. The minimum atomic E-state index is -0.471. The number of nitrogens with zero attached hydrogens (tertiary/aromatic N) is 3. The van der Waals surface area contributed by atoms with E-state index < -0.39 is 5.82 Å². The molecule has 0 bridgehead atoms. The maximum Gasteiger partial charge on any atom is 0.255 e. The molecule has 0 radical (unpaired) electrons. The molecule has 0 atom stereocenters. The molecule has 7 nitrogen and oxygen atoms in total. The number of anilines is 2. The Morgan fingerprint density at radius 3 is 2.74 bits per heavy atom. The van der Waals surface area contributed by atoms with Crippen LogP contribution in [-0.4, -0.2) is 41.0 Å². The molecule has 0 fully saturated rings. The first-order valence-corrected chi connectivity index (χ1v) is 10.2. The van der Waals surface area contributed by atoms with Crippen molar-refractivity contribution in [1.82, 2.24) is 25.6 Å². The van der Waals surface area contributed by atoms with Gasteiger partial charge >= 0.3 is 0 Å². The smallest absolute Gasteiger partial charge is 0.255 e. The molecule has 0 spiro atoms. The molecule has 0 saturated heterocycles. The van der Waals surface area contributed by atoms with Crippen molar-refractivity contribution in [2.24, 2.45) is 0 Å². The molecule has 2 aromatic heterocycles. The van der Waals surface area contributed by atoms with Crippen LogP contribution in [-0.2, 0) is 0 Å². The summed E-state index contributed by atoms with van der Waals surface area (Å²) in [5.41, 5.74) is 1.94. The number of pyridine rings is 1. The Labute approximate surface area is 185 Å². The number of hydrogen-bond acceptors (Lipinski definition) is 6. The summed E-state index contributed by atoms with van der Waals surface area (Å²) in [6, 6.07) is 5.93.